The Morgan fingerprint density at radius 3 is 2.82 bits per heavy atom. The molecular formula is C7H8ClNOS. The summed E-state index contributed by atoms with van der Waals surface area (Å²) in [5, 5.41) is 1.93. The maximum atomic E-state index is 5.13. The number of hydrogen-bond donors (Lipinski definition) is 1. The van der Waals surface area contributed by atoms with Crippen LogP contribution in [0.25, 0.3) is 0 Å². The van der Waals surface area contributed by atoms with Crippen molar-refractivity contribution >= 4 is 23.7 Å². The van der Waals surface area contributed by atoms with Crippen molar-refractivity contribution in [1.29, 1.82) is 0 Å². The molecule has 11 heavy (non-hydrogen) atoms. The van der Waals surface area contributed by atoms with E-state index < -0.39 is 0 Å². The van der Waals surface area contributed by atoms with E-state index in [1.54, 1.807) is 0 Å². The van der Waals surface area contributed by atoms with Crippen molar-refractivity contribution in [3.63, 3.8) is 0 Å². The molecule has 1 rings (SSSR count). The average Bonchev–Trinajstić information content (AvgIpc) is 2.43. The van der Waals surface area contributed by atoms with Crippen molar-refractivity contribution in [3.8, 4) is 12.3 Å². The van der Waals surface area contributed by atoms with E-state index in [4.69, 9.17) is 12.3 Å². The van der Waals surface area contributed by atoms with Crippen LogP contribution in [0.3, 0.4) is 0 Å². The Kier molecular flexibility index (Phi) is 4.92. The fourth-order valence-electron chi connectivity index (χ4n) is 0.629. The number of rotatable bonds is 2. The second-order valence-electron chi connectivity index (χ2n) is 1.70. The van der Waals surface area contributed by atoms with Crippen molar-refractivity contribution in [2.75, 3.05) is 0 Å². The van der Waals surface area contributed by atoms with Gasteiger partial charge in [0.05, 0.1) is 0 Å². The number of hydrogen-bond acceptors (Lipinski definition) is 3. The summed E-state index contributed by atoms with van der Waals surface area (Å²) in [5.74, 6) is 7.36. The summed E-state index contributed by atoms with van der Waals surface area (Å²) in [7, 11) is 0. The van der Waals surface area contributed by atoms with Gasteiger partial charge in [-0.05, 0) is 11.4 Å². The Morgan fingerprint density at radius 1 is 1.73 bits per heavy atom. The first-order valence-electron chi connectivity index (χ1n) is 2.73. The Bertz CT molecular complexity index is 229. The smallest absolute Gasteiger partial charge is 0.173 e. The molecule has 0 saturated heterocycles. The molecule has 2 nitrogen and oxygen atoms in total. The number of thiophene rings is 1. The molecule has 0 aromatic carbocycles. The fraction of sp³-hybridized carbons (Fsp3) is 0.143. The zero-order valence-corrected chi connectivity index (χ0v) is 7.32. The molecule has 0 aliphatic rings. The molecule has 0 aliphatic carbocycles. The quantitative estimate of drug-likeness (QED) is 0.568. The van der Waals surface area contributed by atoms with Crippen molar-refractivity contribution in [2.24, 2.45) is 5.90 Å². The molecule has 2 N–H and O–H groups in total. The van der Waals surface area contributed by atoms with Gasteiger partial charge in [-0.1, -0.05) is 12.0 Å². The van der Waals surface area contributed by atoms with Gasteiger partial charge in [0.2, 0.25) is 0 Å². The third kappa shape index (κ3) is 2.52. The van der Waals surface area contributed by atoms with Crippen LogP contribution >= 0.6 is 23.7 Å². The number of nitrogens with two attached hydrogens (primary N) is 1. The standard InChI is InChI=1S/C7H7NOS.ClH/c1-2-6(9-8)7-4-3-5-10-7;/h1,3-6H,8H2;1H. The molecule has 0 bridgehead atoms. The van der Waals surface area contributed by atoms with E-state index in [2.05, 4.69) is 10.8 Å². The molecule has 0 aliphatic heterocycles. The van der Waals surface area contributed by atoms with E-state index in [0.717, 1.165) is 4.88 Å². The lowest BCUT2D eigenvalue weighted by atomic mass is 10.3. The highest BCUT2D eigenvalue weighted by Crippen LogP contribution is 2.19. The van der Waals surface area contributed by atoms with E-state index in [1.165, 1.54) is 11.3 Å². The molecule has 1 aromatic heterocycles. The largest absolute Gasteiger partial charge is 0.283 e. The van der Waals surface area contributed by atoms with E-state index in [-0.39, 0.29) is 18.5 Å². The van der Waals surface area contributed by atoms with E-state index in [0.29, 0.717) is 0 Å². The van der Waals surface area contributed by atoms with Gasteiger partial charge in [0.25, 0.3) is 0 Å². The van der Waals surface area contributed by atoms with Crippen LogP contribution in [-0.2, 0) is 4.84 Å². The highest BCUT2D eigenvalue weighted by molar-refractivity contribution is 7.10. The molecule has 0 spiro atoms. The van der Waals surface area contributed by atoms with Crippen molar-refractivity contribution in [2.45, 2.75) is 6.10 Å². The number of terminal acetylenes is 1. The summed E-state index contributed by atoms with van der Waals surface area (Å²) in [4.78, 5) is 5.48. The summed E-state index contributed by atoms with van der Waals surface area (Å²) in [6.45, 7) is 0. The Morgan fingerprint density at radius 2 is 2.45 bits per heavy atom. The minimum absolute atomic E-state index is 0. The summed E-state index contributed by atoms with van der Waals surface area (Å²) in [6.07, 6.45) is 4.74. The van der Waals surface area contributed by atoms with Crippen LogP contribution in [-0.4, -0.2) is 0 Å². The first kappa shape index (κ1) is 10.5. The van der Waals surface area contributed by atoms with Gasteiger partial charge in [-0.25, -0.2) is 5.90 Å². The van der Waals surface area contributed by atoms with Gasteiger partial charge >= 0.3 is 0 Å². The Balaban J connectivity index is 0.000001000. The predicted octanol–water partition coefficient (Wildman–Crippen LogP) is 1.73. The van der Waals surface area contributed by atoms with Gasteiger partial charge in [-0.3, -0.25) is 4.84 Å². The Hall–Kier alpha value is -0.530. The third-order valence-electron chi connectivity index (χ3n) is 1.09. The molecule has 0 radical (unpaired) electrons. The molecule has 0 fully saturated rings. The molecule has 1 heterocycles. The summed E-state index contributed by atoms with van der Waals surface area (Å²) in [5.41, 5.74) is 0. The summed E-state index contributed by atoms with van der Waals surface area (Å²) < 4.78 is 0. The van der Waals surface area contributed by atoms with Crippen LogP contribution in [0.15, 0.2) is 17.5 Å². The normalized spacial score (nSPS) is 11.3. The maximum absolute atomic E-state index is 5.13. The van der Waals surface area contributed by atoms with Crippen LogP contribution < -0.4 is 5.90 Å². The molecular weight excluding hydrogens is 182 g/mol. The highest BCUT2D eigenvalue weighted by atomic mass is 35.5. The Labute approximate surface area is 75.7 Å². The van der Waals surface area contributed by atoms with Gasteiger partial charge in [0, 0.05) is 4.88 Å². The van der Waals surface area contributed by atoms with Crippen LogP contribution in [0, 0.1) is 12.3 Å². The first-order chi connectivity index (χ1) is 4.88. The zero-order valence-electron chi connectivity index (χ0n) is 5.69. The predicted molar refractivity (Wildman–Crippen MR) is 48.4 cm³/mol. The lowest BCUT2D eigenvalue weighted by Crippen LogP contribution is -2.04. The average molecular weight is 190 g/mol. The van der Waals surface area contributed by atoms with E-state index >= 15 is 0 Å². The maximum Gasteiger partial charge on any atom is 0.173 e. The zero-order chi connectivity index (χ0) is 7.40. The lowest BCUT2D eigenvalue weighted by Gasteiger charge is -2.02. The highest BCUT2D eigenvalue weighted by Gasteiger charge is 2.06. The van der Waals surface area contributed by atoms with Crippen molar-refractivity contribution in [1.82, 2.24) is 0 Å². The van der Waals surface area contributed by atoms with Gasteiger partial charge in [-0.15, -0.1) is 30.2 Å². The second kappa shape index (κ2) is 5.16. The lowest BCUT2D eigenvalue weighted by molar-refractivity contribution is 0.0959. The minimum atomic E-state index is -0.389. The van der Waals surface area contributed by atoms with Crippen LogP contribution in [0.4, 0.5) is 0 Å². The SMILES string of the molecule is C#CC(ON)c1cccs1.Cl. The molecule has 0 amide bonds. The van der Waals surface area contributed by atoms with Crippen LogP contribution in [0.1, 0.15) is 11.0 Å². The molecule has 1 unspecified atom stereocenters. The third-order valence-corrected chi connectivity index (χ3v) is 2.00. The van der Waals surface area contributed by atoms with Gasteiger partial charge < -0.3 is 0 Å². The van der Waals surface area contributed by atoms with Crippen LogP contribution in [0.2, 0.25) is 0 Å². The minimum Gasteiger partial charge on any atom is -0.283 e. The molecule has 1 aromatic rings. The second-order valence-corrected chi connectivity index (χ2v) is 2.68. The topological polar surface area (TPSA) is 35.2 Å². The molecule has 60 valence electrons. The van der Waals surface area contributed by atoms with Crippen molar-refractivity contribution in [3.05, 3.63) is 22.4 Å². The molecule has 1 atom stereocenters. The summed E-state index contributed by atoms with van der Waals surface area (Å²) >= 11 is 1.53. The van der Waals surface area contributed by atoms with Crippen molar-refractivity contribution < 1.29 is 4.84 Å². The van der Waals surface area contributed by atoms with Gasteiger partial charge in [-0.2, -0.15) is 0 Å². The van der Waals surface area contributed by atoms with Crippen LogP contribution in [0.5, 0.6) is 0 Å². The first-order valence-corrected chi connectivity index (χ1v) is 3.61. The summed E-state index contributed by atoms with van der Waals surface area (Å²) in [6, 6.07) is 3.80. The van der Waals surface area contributed by atoms with E-state index in [1.807, 2.05) is 17.5 Å². The number of halogens is 1. The monoisotopic (exact) mass is 189 g/mol. The van der Waals surface area contributed by atoms with E-state index in [9.17, 15) is 0 Å². The fourth-order valence-corrected chi connectivity index (χ4v) is 1.35. The molecule has 4 heteroatoms. The van der Waals surface area contributed by atoms with Gasteiger partial charge in [0.1, 0.15) is 0 Å². The molecule has 0 saturated carbocycles. The van der Waals surface area contributed by atoms with Gasteiger partial charge in [0.15, 0.2) is 6.10 Å².